The Kier molecular flexibility index (Phi) is 6.48. The van der Waals surface area contributed by atoms with E-state index in [1.54, 1.807) is 18.3 Å². The van der Waals surface area contributed by atoms with Gasteiger partial charge >= 0.3 is 11.8 Å². The number of aromatic nitrogens is 3. The average molecular weight is 379 g/mol. The molecule has 1 aromatic carbocycles. The topological polar surface area (TPSA) is 120 Å². The number of benzene rings is 1. The third kappa shape index (κ3) is 4.80. The van der Waals surface area contributed by atoms with Crippen molar-refractivity contribution in [1.29, 1.82) is 0 Å². The number of carbonyl (C=O) groups is 2. The van der Waals surface area contributed by atoms with Gasteiger partial charge in [-0.15, -0.1) is 0 Å². The van der Waals surface area contributed by atoms with Crippen LogP contribution < -0.4 is 10.6 Å². The fourth-order valence-corrected chi connectivity index (χ4v) is 2.83. The van der Waals surface area contributed by atoms with Gasteiger partial charge < -0.3 is 15.7 Å². The lowest BCUT2D eigenvalue weighted by Crippen LogP contribution is -2.37. The SMILES string of the molecule is O=C(NC[C@@H](CCO)c1ccccc1)C(=O)Nc1cn[nH]c1-c1ccccn1. The van der Waals surface area contributed by atoms with E-state index < -0.39 is 11.8 Å². The largest absolute Gasteiger partial charge is 0.396 e. The van der Waals surface area contributed by atoms with E-state index in [1.807, 2.05) is 36.4 Å². The minimum atomic E-state index is -0.797. The van der Waals surface area contributed by atoms with Crippen LogP contribution in [0.2, 0.25) is 0 Å². The molecule has 0 radical (unpaired) electrons. The highest BCUT2D eigenvalue weighted by Gasteiger charge is 2.19. The molecule has 1 atom stereocenters. The van der Waals surface area contributed by atoms with Crippen molar-refractivity contribution in [1.82, 2.24) is 20.5 Å². The van der Waals surface area contributed by atoms with Crippen molar-refractivity contribution in [2.24, 2.45) is 0 Å². The maximum absolute atomic E-state index is 12.3. The summed E-state index contributed by atoms with van der Waals surface area (Å²) in [5.74, 6) is -1.64. The second-order valence-electron chi connectivity index (χ2n) is 6.16. The molecule has 0 aliphatic heterocycles. The van der Waals surface area contributed by atoms with Crippen LogP contribution in [0.5, 0.6) is 0 Å². The lowest BCUT2D eigenvalue weighted by atomic mass is 9.96. The van der Waals surface area contributed by atoms with Crippen LogP contribution in [0.25, 0.3) is 11.4 Å². The summed E-state index contributed by atoms with van der Waals surface area (Å²) in [6.07, 6.45) is 3.53. The van der Waals surface area contributed by atoms with Gasteiger partial charge in [0.1, 0.15) is 5.69 Å². The van der Waals surface area contributed by atoms with Crippen molar-refractivity contribution >= 4 is 17.5 Å². The van der Waals surface area contributed by atoms with Gasteiger partial charge in [-0.1, -0.05) is 36.4 Å². The Bertz CT molecular complexity index is 912. The van der Waals surface area contributed by atoms with E-state index in [0.717, 1.165) is 5.56 Å². The van der Waals surface area contributed by atoms with Gasteiger partial charge in [0.25, 0.3) is 0 Å². The number of H-pyrrole nitrogens is 1. The van der Waals surface area contributed by atoms with Crippen LogP contribution in [0.3, 0.4) is 0 Å². The van der Waals surface area contributed by atoms with E-state index in [1.165, 1.54) is 6.20 Å². The number of rotatable bonds is 7. The summed E-state index contributed by atoms with van der Waals surface area (Å²) >= 11 is 0. The number of nitrogens with one attached hydrogen (secondary N) is 3. The number of aromatic amines is 1. The Balaban J connectivity index is 1.61. The first-order valence-corrected chi connectivity index (χ1v) is 8.88. The smallest absolute Gasteiger partial charge is 0.313 e. The molecule has 0 spiro atoms. The molecule has 0 saturated heterocycles. The number of pyridine rings is 1. The number of hydrogen-bond acceptors (Lipinski definition) is 5. The molecule has 8 heteroatoms. The number of anilines is 1. The molecule has 2 amide bonds. The second-order valence-corrected chi connectivity index (χ2v) is 6.16. The maximum Gasteiger partial charge on any atom is 0.313 e. The first-order chi connectivity index (χ1) is 13.7. The van der Waals surface area contributed by atoms with Crippen molar-refractivity contribution in [2.75, 3.05) is 18.5 Å². The van der Waals surface area contributed by atoms with Crippen LogP contribution in [0.15, 0.2) is 60.9 Å². The molecule has 2 aromatic heterocycles. The highest BCUT2D eigenvalue weighted by molar-refractivity contribution is 6.39. The van der Waals surface area contributed by atoms with E-state index in [2.05, 4.69) is 25.8 Å². The molecule has 3 rings (SSSR count). The third-order valence-electron chi connectivity index (χ3n) is 4.27. The van der Waals surface area contributed by atoms with Gasteiger partial charge in [0.2, 0.25) is 0 Å². The molecule has 0 fully saturated rings. The van der Waals surface area contributed by atoms with Gasteiger partial charge in [0.05, 0.1) is 17.6 Å². The van der Waals surface area contributed by atoms with Crippen molar-refractivity contribution in [2.45, 2.75) is 12.3 Å². The monoisotopic (exact) mass is 379 g/mol. The highest BCUT2D eigenvalue weighted by atomic mass is 16.3. The predicted molar refractivity (Wildman–Crippen MR) is 104 cm³/mol. The van der Waals surface area contributed by atoms with Crippen LogP contribution in [0.4, 0.5) is 5.69 Å². The van der Waals surface area contributed by atoms with E-state index in [0.29, 0.717) is 23.5 Å². The molecule has 4 N–H and O–H groups in total. The fraction of sp³-hybridized carbons (Fsp3) is 0.200. The molecule has 28 heavy (non-hydrogen) atoms. The second kappa shape index (κ2) is 9.43. The van der Waals surface area contributed by atoms with Crippen molar-refractivity contribution in [3.05, 3.63) is 66.5 Å². The molecule has 0 aliphatic carbocycles. The Morgan fingerprint density at radius 2 is 1.86 bits per heavy atom. The minimum Gasteiger partial charge on any atom is -0.396 e. The molecule has 2 heterocycles. The summed E-state index contributed by atoms with van der Waals surface area (Å²) in [6, 6.07) is 14.9. The first kappa shape index (κ1) is 19.2. The summed E-state index contributed by atoms with van der Waals surface area (Å²) in [5.41, 5.74) is 2.48. The zero-order valence-electron chi connectivity index (χ0n) is 15.1. The summed E-state index contributed by atoms with van der Waals surface area (Å²) in [7, 11) is 0. The number of carbonyl (C=O) groups excluding carboxylic acids is 2. The molecular weight excluding hydrogens is 358 g/mol. The van der Waals surface area contributed by atoms with Crippen molar-refractivity contribution in [3.8, 4) is 11.4 Å². The minimum absolute atomic E-state index is 0.00984. The summed E-state index contributed by atoms with van der Waals surface area (Å²) in [6.45, 7) is 0.236. The quantitative estimate of drug-likeness (QED) is 0.466. The lowest BCUT2D eigenvalue weighted by Gasteiger charge is -2.17. The average Bonchev–Trinajstić information content (AvgIpc) is 3.20. The zero-order chi connectivity index (χ0) is 19.8. The summed E-state index contributed by atoms with van der Waals surface area (Å²) in [5, 5.41) is 21.1. The first-order valence-electron chi connectivity index (χ1n) is 8.88. The standard InChI is InChI=1S/C20H21N5O3/c26-11-9-15(14-6-2-1-3-7-14)12-22-19(27)20(28)24-17-13-23-25-18(17)16-8-4-5-10-21-16/h1-8,10,13,15,26H,9,11-12H2,(H,22,27)(H,23,25)(H,24,28)/t15-/m1/s1. The Labute approximate surface area is 162 Å². The number of aliphatic hydroxyl groups is 1. The number of amides is 2. The Morgan fingerprint density at radius 1 is 1.07 bits per heavy atom. The van der Waals surface area contributed by atoms with Crippen LogP contribution in [-0.2, 0) is 9.59 Å². The van der Waals surface area contributed by atoms with E-state index >= 15 is 0 Å². The van der Waals surface area contributed by atoms with Crippen LogP contribution >= 0.6 is 0 Å². The van der Waals surface area contributed by atoms with E-state index in [9.17, 15) is 14.7 Å². The van der Waals surface area contributed by atoms with E-state index in [-0.39, 0.29) is 19.1 Å². The molecule has 3 aromatic rings. The predicted octanol–water partition coefficient (Wildman–Crippen LogP) is 1.69. The van der Waals surface area contributed by atoms with Gasteiger partial charge in [0, 0.05) is 25.3 Å². The maximum atomic E-state index is 12.3. The molecule has 0 unspecified atom stereocenters. The van der Waals surface area contributed by atoms with Crippen molar-refractivity contribution in [3.63, 3.8) is 0 Å². The Hall–Kier alpha value is -3.52. The van der Waals surface area contributed by atoms with Gasteiger partial charge in [-0.2, -0.15) is 5.10 Å². The summed E-state index contributed by atoms with van der Waals surface area (Å²) < 4.78 is 0. The number of nitrogens with zero attached hydrogens (tertiary/aromatic N) is 2. The lowest BCUT2D eigenvalue weighted by molar-refractivity contribution is -0.136. The van der Waals surface area contributed by atoms with Gasteiger partial charge in [-0.3, -0.25) is 19.7 Å². The number of aliphatic hydroxyl groups excluding tert-OH is 1. The van der Waals surface area contributed by atoms with Crippen molar-refractivity contribution < 1.29 is 14.7 Å². The fourth-order valence-electron chi connectivity index (χ4n) is 2.83. The van der Waals surface area contributed by atoms with Gasteiger partial charge in [-0.05, 0) is 24.1 Å². The molecule has 144 valence electrons. The molecule has 0 aliphatic rings. The molecule has 0 bridgehead atoms. The third-order valence-corrected chi connectivity index (χ3v) is 4.27. The zero-order valence-corrected chi connectivity index (χ0v) is 15.1. The normalized spacial score (nSPS) is 11.6. The van der Waals surface area contributed by atoms with Gasteiger partial charge in [0.15, 0.2) is 0 Å². The van der Waals surface area contributed by atoms with Crippen LogP contribution in [0, 0.1) is 0 Å². The highest BCUT2D eigenvalue weighted by Crippen LogP contribution is 2.23. The van der Waals surface area contributed by atoms with Crippen LogP contribution in [0.1, 0.15) is 17.9 Å². The number of hydrogen-bond donors (Lipinski definition) is 4. The van der Waals surface area contributed by atoms with Crippen LogP contribution in [-0.4, -0.2) is 45.3 Å². The van der Waals surface area contributed by atoms with Gasteiger partial charge in [-0.25, -0.2) is 0 Å². The Morgan fingerprint density at radius 3 is 2.57 bits per heavy atom. The van der Waals surface area contributed by atoms with E-state index in [4.69, 9.17) is 0 Å². The summed E-state index contributed by atoms with van der Waals surface area (Å²) in [4.78, 5) is 28.7. The molecular formula is C20H21N5O3. The molecule has 8 nitrogen and oxygen atoms in total. The molecule has 0 saturated carbocycles.